The van der Waals surface area contributed by atoms with E-state index in [4.69, 9.17) is 11.6 Å². The zero-order valence-electron chi connectivity index (χ0n) is 7.78. The summed E-state index contributed by atoms with van der Waals surface area (Å²) in [5.74, 6) is -0.0193. The average molecular weight is 251 g/mol. The van der Waals surface area contributed by atoms with Gasteiger partial charge >= 0.3 is 11.4 Å². The van der Waals surface area contributed by atoms with E-state index < -0.39 is 11.4 Å². The zero-order chi connectivity index (χ0) is 11.7. The van der Waals surface area contributed by atoms with Gasteiger partial charge in [-0.15, -0.1) is 0 Å². The van der Waals surface area contributed by atoms with Gasteiger partial charge in [0.25, 0.3) is 0 Å². The largest absolute Gasteiger partial charge is 0.415 e. The van der Waals surface area contributed by atoms with Crippen LogP contribution >= 0.6 is 23.5 Å². The number of halogens is 2. The molecule has 0 fully saturated rings. The quantitative estimate of drug-likeness (QED) is 0.719. The van der Waals surface area contributed by atoms with Crippen molar-refractivity contribution in [3.63, 3.8) is 0 Å². The molecule has 0 saturated carbocycles. The minimum absolute atomic E-state index is 0.461. The molecule has 0 atom stereocenters. The SMILES string of the molecule is CC(=O)OCl.O=C(Cl)Oc1ccccc1. The van der Waals surface area contributed by atoms with Crippen molar-refractivity contribution in [1.82, 2.24) is 0 Å². The van der Waals surface area contributed by atoms with E-state index in [1.54, 1.807) is 24.3 Å². The minimum atomic E-state index is -0.814. The Balaban J connectivity index is 0.000000336. The van der Waals surface area contributed by atoms with Crippen LogP contribution in [-0.4, -0.2) is 11.4 Å². The number of para-hydroxylation sites is 1. The van der Waals surface area contributed by atoms with E-state index in [-0.39, 0.29) is 0 Å². The van der Waals surface area contributed by atoms with Crippen LogP contribution in [0.4, 0.5) is 4.79 Å². The maximum Gasteiger partial charge on any atom is 0.409 e. The first-order chi connectivity index (χ1) is 7.06. The molecule has 0 saturated heterocycles. The molecule has 0 aliphatic carbocycles. The minimum Gasteiger partial charge on any atom is -0.415 e. The summed E-state index contributed by atoms with van der Waals surface area (Å²) in [5, 5.41) is 0. The van der Waals surface area contributed by atoms with Crippen molar-refractivity contribution in [1.29, 1.82) is 0 Å². The van der Waals surface area contributed by atoms with Crippen LogP contribution < -0.4 is 4.74 Å². The Hall–Kier alpha value is -1.26. The van der Waals surface area contributed by atoms with Gasteiger partial charge in [-0.3, -0.25) is 4.79 Å². The lowest BCUT2D eigenvalue weighted by Crippen LogP contribution is -1.94. The molecule has 0 aliphatic rings. The molecule has 0 N–H and O–H groups in total. The fourth-order valence-electron chi connectivity index (χ4n) is 0.581. The molecular formula is C9H8Cl2O4. The second-order valence-corrected chi connectivity index (χ2v) is 2.68. The second kappa shape index (κ2) is 8.08. The Morgan fingerprint density at radius 1 is 1.20 bits per heavy atom. The van der Waals surface area contributed by atoms with Gasteiger partial charge in [0, 0.05) is 18.5 Å². The fraction of sp³-hybridized carbons (Fsp3) is 0.111. The number of hydrogen-bond donors (Lipinski definition) is 0. The number of rotatable bonds is 1. The van der Waals surface area contributed by atoms with Gasteiger partial charge in [-0.2, -0.15) is 0 Å². The van der Waals surface area contributed by atoms with Crippen molar-refractivity contribution in [3.8, 4) is 5.75 Å². The lowest BCUT2D eigenvalue weighted by atomic mass is 10.3. The Morgan fingerprint density at radius 2 is 1.67 bits per heavy atom. The Kier molecular flexibility index (Phi) is 7.40. The molecule has 0 unspecified atom stereocenters. The molecule has 1 rings (SSSR count). The summed E-state index contributed by atoms with van der Waals surface area (Å²) in [6, 6.07) is 8.65. The Bertz CT molecular complexity index is 313. The van der Waals surface area contributed by atoms with Gasteiger partial charge in [-0.25, -0.2) is 4.79 Å². The standard InChI is InChI=1S/C7H5ClO2.C2H3ClO2/c8-7(9)10-6-4-2-1-3-5-6;1-2(4)5-3/h1-5H;1H3. The second-order valence-electron chi connectivity index (χ2n) is 2.22. The van der Waals surface area contributed by atoms with Crippen LogP contribution in [0.5, 0.6) is 5.75 Å². The molecular weight excluding hydrogens is 243 g/mol. The van der Waals surface area contributed by atoms with Crippen LogP contribution in [0.2, 0.25) is 0 Å². The van der Waals surface area contributed by atoms with E-state index >= 15 is 0 Å². The number of benzene rings is 1. The number of ether oxygens (including phenoxy) is 1. The van der Waals surface area contributed by atoms with E-state index in [2.05, 4.69) is 20.9 Å². The highest BCUT2D eigenvalue weighted by Crippen LogP contribution is 2.09. The Labute approximate surface area is 96.9 Å². The monoisotopic (exact) mass is 250 g/mol. The maximum atomic E-state index is 10.2. The molecule has 0 amide bonds. The van der Waals surface area contributed by atoms with Crippen LogP contribution in [0.15, 0.2) is 30.3 Å². The third-order valence-electron chi connectivity index (χ3n) is 1.05. The zero-order valence-corrected chi connectivity index (χ0v) is 9.29. The van der Waals surface area contributed by atoms with Gasteiger partial charge < -0.3 is 9.03 Å². The van der Waals surface area contributed by atoms with E-state index in [0.717, 1.165) is 0 Å². The van der Waals surface area contributed by atoms with Crippen molar-refractivity contribution in [2.45, 2.75) is 6.92 Å². The van der Waals surface area contributed by atoms with Crippen molar-refractivity contribution in [2.24, 2.45) is 0 Å². The smallest absolute Gasteiger partial charge is 0.409 e. The van der Waals surface area contributed by atoms with Gasteiger partial charge in [0.15, 0.2) is 0 Å². The van der Waals surface area contributed by atoms with Crippen LogP contribution in [0.25, 0.3) is 0 Å². The molecule has 4 nitrogen and oxygen atoms in total. The first kappa shape index (κ1) is 13.7. The van der Waals surface area contributed by atoms with Crippen molar-refractivity contribution >= 4 is 34.9 Å². The summed E-state index contributed by atoms with van der Waals surface area (Å²) in [6.07, 6.45) is 0. The highest BCUT2D eigenvalue weighted by molar-refractivity contribution is 6.61. The molecule has 15 heavy (non-hydrogen) atoms. The molecule has 0 radical (unpaired) electrons. The van der Waals surface area contributed by atoms with Gasteiger partial charge in [0.1, 0.15) is 17.6 Å². The van der Waals surface area contributed by atoms with Crippen LogP contribution in [0.3, 0.4) is 0 Å². The molecule has 0 aromatic heterocycles. The fourth-order valence-corrected chi connectivity index (χ4v) is 0.670. The molecule has 1 aromatic rings. The lowest BCUT2D eigenvalue weighted by Gasteiger charge is -1.95. The van der Waals surface area contributed by atoms with E-state index in [1.165, 1.54) is 6.92 Å². The average Bonchev–Trinajstić information content (AvgIpc) is 2.19. The summed E-state index contributed by atoms with van der Waals surface area (Å²) in [6.45, 7) is 1.23. The van der Waals surface area contributed by atoms with Gasteiger partial charge in [0.2, 0.25) is 0 Å². The predicted molar refractivity (Wildman–Crippen MR) is 55.9 cm³/mol. The highest BCUT2D eigenvalue weighted by atomic mass is 35.5. The molecule has 82 valence electrons. The van der Waals surface area contributed by atoms with Crippen molar-refractivity contribution in [3.05, 3.63) is 30.3 Å². The summed E-state index contributed by atoms with van der Waals surface area (Å²) < 4.78 is 8.12. The predicted octanol–water partition coefficient (Wildman–Crippen LogP) is 3.13. The van der Waals surface area contributed by atoms with E-state index in [1.807, 2.05) is 6.07 Å². The number of carbonyl (C=O) groups is 2. The first-order valence-electron chi connectivity index (χ1n) is 3.77. The number of carbonyl (C=O) groups excluding carboxylic acids is 2. The van der Waals surface area contributed by atoms with Crippen molar-refractivity contribution in [2.75, 3.05) is 0 Å². The molecule has 6 heteroatoms. The lowest BCUT2D eigenvalue weighted by molar-refractivity contribution is -0.131. The molecule has 0 spiro atoms. The van der Waals surface area contributed by atoms with Crippen LogP contribution in [0, 0.1) is 0 Å². The molecule has 1 aromatic carbocycles. The highest BCUT2D eigenvalue weighted by Gasteiger charge is 1.95. The van der Waals surface area contributed by atoms with E-state index in [9.17, 15) is 9.59 Å². The van der Waals surface area contributed by atoms with Crippen LogP contribution in [0.1, 0.15) is 6.92 Å². The van der Waals surface area contributed by atoms with Crippen LogP contribution in [-0.2, 0) is 9.08 Å². The third kappa shape index (κ3) is 9.05. The molecule has 0 heterocycles. The van der Waals surface area contributed by atoms with Gasteiger partial charge in [-0.05, 0) is 12.1 Å². The summed E-state index contributed by atoms with van der Waals surface area (Å²) >= 11 is 9.44. The normalized spacial score (nSPS) is 8.20. The molecule has 0 aliphatic heterocycles. The summed E-state index contributed by atoms with van der Waals surface area (Å²) in [7, 11) is 0. The third-order valence-corrected chi connectivity index (χ3v) is 1.34. The maximum absolute atomic E-state index is 10.2. The summed E-state index contributed by atoms with van der Waals surface area (Å²) in [4.78, 5) is 19.6. The van der Waals surface area contributed by atoms with Crippen molar-refractivity contribution < 1.29 is 18.6 Å². The Morgan fingerprint density at radius 3 is 2.00 bits per heavy atom. The van der Waals surface area contributed by atoms with Gasteiger partial charge in [-0.1, -0.05) is 18.2 Å². The van der Waals surface area contributed by atoms with Gasteiger partial charge in [0.05, 0.1) is 0 Å². The topological polar surface area (TPSA) is 52.6 Å². The molecule has 0 bridgehead atoms. The number of hydrogen-bond acceptors (Lipinski definition) is 4. The summed E-state index contributed by atoms with van der Waals surface area (Å²) in [5.41, 5.74) is -0.814. The first-order valence-corrected chi connectivity index (χ1v) is 4.46. The van der Waals surface area contributed by atoms with E-state index in [0.29, 0.717) is 5.75 Å².